The van der Waals surface area contributed by atoms with Gasteiger partial charge in [0, 0.05) is 6.07 Å². The molecule has 7 nitrogen and oxygen atoms in total. The van der Waals surface area contributed by atoms with Crippen LogP contribution in [0.5, 0.6) is 5.75 Å². The summed E-state index contributed by atoms with van der Waals surface area (Å²) in [5.74, 6) is -0.950. The lowest BCUT2D eigenvalue weighted by Gasteiger charge is -2.16. The lowest BCUT2D eigenvalue weighted by molar-refractivity contribution is -0.385. The molecular weight excluding hydrogens is 262 g/mol. The van der Waals surface area contributed by atoms with E-state index in [1.807, 2.05) is 6.92 Å². The highest BCUT2D eigenvalue weighted by molar-refractivity contribution is 5.79. The minimum Gasteiger partial charge on any atom is -0.424 e. The Morgan fingerprint density at radius 1 is 1.60 bits per heavy atom. The molecule has 0 fully saturated rings. The maximum Gasteiger partial charge on any atom is 0.328 e. The van der Waals surface area contributed by atoms with E-state index in [1.54, 1.807) is 13.0 Å². The van der Waals surface area contributed by atoms with Gasteiger partial charge in [-0.2, -0.15) is 5.26 Å². The molecular formula is C13H15N3O4. The summed E-state index contributed by atoms with van der Waals surface area (Å²) in [6.45, 7) is 3.68. The average molecular weight is 277 g/mol. The number of esters is 1. The van der Waals surface area contributed by atoms with Crippen molar-refractivity contribution in [3.63, 3.8) is 0 Å². The monoisotopic (exact) mass is 277 g/mol. The van der Waals surface area contributed by atoms with Crippen molar-refractivity contribution in [2.24, 2.45) is 11.7 Å². The van der Waals surface area contributed by atoms with Crippen LogP contribution < -0.4 is 10.5 Å². The number of nitrogens with zero attached hydrogens (tertiary/aromatic N) is 2. The van der Waals surface area contributed by atoms with E-state index < -0.39 is 22.6 Å². The highest BCUT2D eigenvalue weighted by Gasteiger charge is 2.25. The molecule has 0 aromatic heterocycles. The van der Waals surface area contributed by atoms with Crippen LogP contribution in [-0.2, 0) is 4.79 Å². The zero-order chi connectivity index (χ0) is 15.3. The van der Waals surface area contributed by atoms with Gasteiger partial charge in [-0.3, -0.25) is 10.1 Å². The molecule has 2 atom stereocenters. The summed E-state index contributed by atoms with van der Waals surface area (Å²) in [4.78, 5) is 21.9. The van der Waals surface area contributed by atoms with Crippen molar-refractivity contribution in [2.45, 2.75) is 26.3 Å². The maximum absolute atomic E-state index is 11.8. The Balaban J connectivity index is 3.05. The topological polar surface area (TPSA) is 119 Å². The van der Waals surface area contributed by atoms with E-state index in [9.17, 15) is 14.9 Å². The van der Waals surface area contributed by atoms with Gasteiger partial charge in [0.25, 0.3) is 5.69 Å². The molecule has 0 spiro atoms. The second-order valence-corrected chi connectivity index (χ2v) is 4.35. The molecule has 0 heterocycles. The normalized spacial score (nSPS) is 13.1. The first-order valence-corrected chi connectivity index (χ1v) is 6.07. The van der Waals surface area contributed by atoms with E-state index in [4.69, 9.17) is 15.7 Å². The predicted octanol–water partition coefficient (Wildman–Crippen LogP) is 1.75. The quantitative estimate of drug-likeness (QED) is 0.379. The van der Waals surface area contributed by atoms with Crippen molar-refractivity contribution in [1.29, 1.82) is 5.26 Å². The van der Waals surface area contributed by atoms with Crippen molar-refractivity contribution in [2.75, 3.05) is 0 Å². The molecule has 0 aliphatic heterocycles. The van der Waals surface area contributed by atoms with Crippen molar-refractivity contribution in [3.8, 4) is 11.8 Å². The molecule has 0 radical (unpaired) electrons. The number of hydrogen-bond donors (Lipinski definition) is 1. The van der Waals surface area contributed by atoms with Gasteiger partial charge >= 0.3 is 5.97 Å². The summed E-state index contributed by atoms with van der Waals surface area (Å²) in [6, 6.07) is 4.67. The Morgan fingerprint density at radius 3 is 2.75 bits per heavy atom. The Labute approximate surface area is 116 Å². The first-order chi connectivity index (χ1) is 9.42. The number of nitriles is 1. The molecule has 0 saturated carbocycles. The molecule has 0 bridgehead atoms. The fourth-order valence-corrected chi connectivity index (χ4v) is 1.53. The standard InChI is InChI=1S/C13H15N3O4/c1-3-8(2)12(15)13(17)20-11-6-4-5-10(16(18)19)9(11)7-14/h4-6,8,12H,3,15H2,1-2H3/t8-,12-/m0/s1. The van der Waals surface area contributed by atoms with Crippen molar-refractivity contribution in [1.82, 2.24) is 0 Å². The van der Waals surface area contributed by atoms with Gasteiger partial charge in [-0.15, -0.1) is 0 Å². The van der Waals surface area contributed by atoms with E-state index in [-0.39, 0.29) is 17.2 Å². The van der Waals surface area contributed by atoms with Gasteiger partial charge in [0.1, 0.15) is 12.1 Å². The van der Waals surface area contributed by atoms with Crippen LogP contribution in [0.25, 0.3) is 0 Å². The van der Waals surface area contributed by atoms with Crippen LogP contribution in [-0.4, -0.2) is 16.9 Å². The molecule has 7 heteroatoms. The van der Waals surface area contributed by atoms with Crippen LogP contribution in [0.1, 0.15) is 25.8 Å². The van der Waals surface area contributed by atoms with Gasteiger partial charge in [0.15, 0.2) is 11.3 Å². The minimum atomic E-state index is -0.842. The van der Waals surface area contributed by atoms with Crippen LogP contribution in [0, 0.1) is 27.4 Å². The summed E-state index contributed by atoms with van der Waals surface area (Å²) in [5, 5.41) is 19.8. The lowest BCUT2D eigenvalue weighted by Crippen LogP contribution is -2.39. The third-order valence-corrected chi connectivity index (χ3v) is 3.05. The molecule has 106 valence electrons. The first-order valence-electron chi connectivity index (χ1n) is 6.07. The Hall–Kier alpha value is -2.46. The third kappa shape index (κ3) is 3.30. The fourth-order valence-electron chi connectivity index (χ4n) is 1.53. The minimum absolute atomic E-state index is 0.0910. The van der Waals surface area contributed by atoms with Gasteiger partial charge < -0.3 is 10.5 Å². The number of nitro benzene ring substituents is 1. The molecule has 0 aliphatic rings. The lowest BCUT2D eigenvalue weighted by atomic mass is 10.0. The smallest absolute Gasteiger partial charge is 0.328 e. The van der Waals surface area contributed by atoms with Gasteiger partial charge in [-0.05, 0) is 12.0 Å². The number of hydrogen-bond acceptors (Lipinski definition) is 6. The summed E-state index contributed by atoms with van der Waals surface area (Å²) < 4.78 is 5.02. The zero-order valence-electron chi connectivity index (χ0n) is 11.2. The molecule has 20 heavy (non-hydrogen) atoms. The molecule has 0 saturated heterocycles. The van der Waals surface area contributed by atoms with Crippen molar-refractivity contribution < 1.29 is 14.5 Å². The number of rotatable bonds is 5. The third-order valence-electron chi connectivity index (χ3n) is 3.05. The number of carbonyl (C=O) groups is 1. The fraction of sp³-hybridized carbons (Fsp3) is 0.385. The van der Waals surface area contributed by atoms with Crippen LogP contribution in [0.4, 0.5) is 5.69 Å². The van der Waals surface area contributed by atoms with Crippen molar-refractivity contribution in [3.05, 3.63) is 33.9 Å². The Kier molecular flexibility index (Phi) is 5.17. The first kappa shape index (κ1) is 15.6. The predicted molar refractivity (Wildman–Crippen MR) is 70.9 cm³/mol. The SMILES string of the molecule is CC[C@H](C)[C@H](N)C(=O)Oc1cccc([N+](=O)[O-])c1C#N. The van der Waals surface area contributed by atoms with Crippen molar-refractivity contribution >= 4 is 11.7 Å². The zero-order valence-corrected chi connectivity index (χ0v) is 11.2. The number of nitro groups is 1. The summed E-state index contributed by atoms with van der Waals surface area (Å²) in [7, 11) is 0. The Morgan fingerprint density at radius 2 is 2.25 bits per heavy atom. The molecule has 1 aromatic carbocycles. The van der Waals surface area contributed by atoms with Crippen LogP contribution >= 0.6 is 0 Å². The second-order valence-electron chi connectivity index (χ2n) is 4.35. The Bertz CT molecular complexity index is 565. The van der Waals surface area contributed by atoms with E-state index in [0.717, 1.165) is 0 Å². The summed E-state index contributed by atoms with van der Waals surface area (Å²) >= 11 is 0. The van der Waals surface area contributed by atoms with Gasteiger partial charge in [-0.1, -0.05) is 26.3 Å². The highest BCUT2D eigenvalue weighted by Crippen LogP contribution is 2.27. The molecule has 1 aromatic rings. The van der Waals surface area contributed by atoms with Gasteiger partial charge in [0.2, 0.25) is 0 Å². The molecule has 0 unspecified atom stereocenters. The largest absolute Gasteiger partial charge is 0.424 e. The number of nitrogens with two attached hydrogens (primary N) is 1. The maximum atomic E-state index is 11.8. The highest BCUT2D eigenvalue weighted by atomic mass is 16.6. The van der Waals surface area contributed by atoms with Crippen LogP contribution in [0.3, 0.4) is 0 Å². The van der Waals surface area contributed by atoms with Crippen LogP contribution in [0.2, 0.25) is 0 Å². The van der Waals surface area contributed by atoms with Gasteiger partial charge in [-0.25, -0.2) is 4.79 Å². The molecule has 0 amide bonds. The summed E-state index contributed by atoms with van der Waals surface area (Å²) in [5.41, 5.74) is 5.02. The van der Waals surface area contributed by atoms with Gasteiger partial charge in [0.05, 0.1) is 4.92 Å². The van der Waals surface area contributed by atoms with E-state index >= 15 is 0 Å². The molecule has 2 N–H and O–H groups in total. The molecule has 0 aliphatic carbocycles. The average Bonchev–Trinajstić information content (AvgIpc) is 2.44. The number of benzene rings is 1. The van der Waals surface area contributed by atoms with E-state index in [1.165, 1.54) is 18.2 Å². The van der Waals surface area contributed by atoms with E-state index in [2.05, 4.69) is 0 Å². The summed E-state index contributed by atoms with van der Waals surface area (Å²) in [6.07, 6.45) is 0.691. The molecule has 1 rings (SSSR count). The van der Waals surface area contributed by atoms with Crippen LogP contribution in [0.15, 0.2) is 18.2 Å². The number of carbonyl (C=O) groups excluding carboxylic acids is 1. The second kappa shape index (κ2) is 6.63. The van der Waals surface area contributed by atoms with E-state index in [0.29, 0.717) is 6.42 Å². The number of ether oxygens (including phenoxy) is 1.